The molecule has 1 fully saturated rings. The Morgan fingerprint density at radius 1 is 1.70 bits per heavy atom. The number of ether oxygens (including phenoxy) is 1. The minimum absolute atomic E-state index is 0.0712. The second kappa shape index (κ2) is 3.11. The molecule has 0 amide bonds. The van der Waals surface area contributed by atoms with Gasteiger partial charge in [0, 0.05) is 6.61 Å². The highest BCUT2D eigenvalue weighted by Gasteiger charge is 2.35. The van der Waals surface area contributed by atoms with Crippen molar-refractivity contribution >= 4 is 12.0 Å². The molecule has 2 unspecified atom stereocenters. The summed E-state index contributed by atoms with van der Waals surface area (Å²) in [5.41, 5.74) is 0. The zero-order valence-electron chi connectivity index (χ0n) is 6.46. The topological polar surface area (TPSA) is 29.5 Å². The van der Waals surface area contributed by atoms with Crippen molar-refractivity contribution in [1.29, 1.82) is 0 Å². The van der Waals surface area contributed by atoms with Gasteiger partial charge in [0.2, 0.25) is 0 Å². The van der Waals surface area contributed by atoms with Crippen molar-refractivity contribution in [3.63, 3.8) is 0 Å². The molecule has 1 N–H and O–H groups in total. The molecule has 60 valence electrons. The van der Waals surface area contributed by atoms with Crippen LogP contribution >= 0.6 is 12.0 Å². The Balaban J connectivity index is 2.54. The molecule has 10 heavy (non-hydrogen) atoms. The molecule has 0 aliphatic carbocycles. The Morgan fingerprint density at radius 2 is 2.40 bits per heavy atom. The van der Waals surface area contributed by atoms with Gasteiger partial charge in [-0.15, -0.1) is 0 Å². The van der Waals surface area contributed by atoms with E-state index in [2.05, 4.69) is 6.92 Å². The minimum atomic E-state index is -0.0712. The van der Waals surface area contributed by atoms with E-state index in [9.17, 15) is 0 Å². The fraction of sp³-hybridized carbons (Fsp3) is 1.00. The summed E-state index contributed by atoms with van der Waals surface area (Å²) >= 11 is 0.931. The van der Waals surface area contributed by atoms with E-state index in [1.807, 2.05) is 6.92 Å². The molecule has 2 nitrogen and oxygen atoms in total. The molecule has 0 bridgehead atoms. The van der Waals surface area contributed by atoms with Crippen molar-refractivity contribution in [3.05, 3.63) is 0 Å². The number of hydrogen-bond acceptors (Lipinski definition) is 3. The van der Waals surface area contributed by atoms with Gasteiger partial charge in [-0.1, -0.05) is 6.92 Å². The molecule has 3 heteroatoms. The van der Waals surface area contributed by atoms with Crippen molar-refractivity contribution < 1.29 is 9.29 Å². The molecule has 0 saturated carbocycles. The van der Waals surface area contributed by atoms with E-state index < -0.39 is 0 Å². The minimum Gasteiger partial charge on any atom is -0.380 e. The van der Waals surface area contributed by atoms with Crippen LogP contribution in [-0.2, 0) is 4.74 Å². The molecule has 1 saturated heterocycles. The van der Waals surface area contributed by atoms with Crippen LogP contribution in [0.1, 0.15) is 20.3 Å². The van der Waals surface area contributed by atoms with Crippen LogP contribution in [0.25, 0.3) is 0 Å². The fourth-order valence-corrected chi connectivity index (χ4v) is 1.53. The highest BCUT2D eigenvalue weighted by atomic mass is 32.2. The SMILES string of the molecule is CC1CCOCC1(C)SO. The van der Waals surface area contributed by atoms with Gasteiger partial charge >= 0.3 is 0 Å². The Bertz CT molecular complexity index is 118. The normalized spacial score (nSPS) is 41.7. The van der Waals surface area contributed by atoms with Crippen molar-refractivity contribution in [2.24, 2.45) is 5.92 Å². The van der Waals surface area contributed by atoms with Crippen molar-refractivity contribution in [1.82, 2.24) is 0 Å². The molecule has 0 spiro atoms. The summed E-state index contributed by atoms with van der Waals surface area (Å²) in [5, 5.41) is 0. The summed E-state index contributed by atoms with van der Waals surface area (Å²) in [6, 6.07) is 0. The highest BCUT2D eigenvalue weighted by molar-refractivity contribution is 7.95. The lowest BCUT2D eigenvalue weighted by Crippen LogP contribution is -2.39. The van der Waals surface area contributed by atoms with Gasteiger partial charge < -0.3 is 9.29 Å². The second-order valence-electron chi connectivity index (χ2n) is 3.15. The third kappa shape index (κ3) is 1.47. The Kier molecular flexibility index (Phi) is 2.61. The van der Waals surface area contributed by atoms with Gasteiger partial charge in [0.1, 0.15) is 0 Å². The molecule has 1 aliphatic rings. The first-order valence-electron chi connectivity index (χ1n) is 3.59. The Labute approximate surface area is 66.2 Å². The lowest BCUT2D eigenvalue weighted by Gasteiger charge is -2.36. The smallest absolute Gasteiger partial charge is 0.0651 e. The highest BCUT2D eigenvalue weighted by Crippen LogP contribution is 2.35. The molecular formula is C7H14O2S. The van der Waals surface area contributed by atoms with Crippen LogP contribution in [-0.4, -0.2) is 22.5 Å². The first kappa shape index (κ1) is 8.37. The van der Waals surface area contributed by atoms with E-state index in [1.165, 1.54) is 0 Å². The van der Waals surface area contributed by atoms with Crippen molar-refractivity contribution in [3.8, 4) is 0 Å². The summed E-state index contributed by atoms with van der Waals surface area (Å²) < 4.78 is 14.2. The average molecular weight is 162 g/mol. The fourth-order valence-electron chi connectivity index (χ4n) is 1.10. The van der Waals surface area contributed by atoms with Gasteiger partial charge in [-0.25, -0.2) is 0 Å². The van der Waals surface area contributed by atoms with Crippen LogP contribution in [0.3, 0.4) is 0 Å². The Morgan fingerprint density at radius 3 is 2.80 bits per heavy atom. The van der Waals surface area contributed by atoms with Crippen LogP contribution in [0.5, 0.6) is 0 Å². The van der Waals surface area contributed by atoms with Gasteiger partial charge in [0.05, 0.1) is 11.4 Å². The van der Waals surface area contributed by atoms with Gasteiger partial charge in [0.25, 0.3) is 0 Å². The first-order chi connectivity index (χ1) is 4.69. The molecule has 1 heterocycles. The zero-order chi connectivity index (χ0) is 7.61. The number of rotatable bonds is 1. The summed E-state index contributed by atoms with van der Waals surface area (Å²) in [6.45, 7) is 5.72. The van der Waals surface area contributed by atoms with Crippen LogP contribution in [0.15, 0.2) is 0 Å². The van der Waals surface area contributed by atoms with E-state index in [0.717, 1.165) is 25.1 Å². The van der Waals surface area contributed by atoms with Crippen LogP contribution in [0, 0.1) is 5.92 Å². The molecular weight excluding hydrogens is 148 g/mol. The van der Waals surface area contributed by atoms with E-state index >= 15 is 0 Å². The summed E-state index contributed by atoms with van der Waals surface area (Å²) in [4.78, 5) is 0. The maximum absolute atomic E-state index is 8.96. The molecule has 0 aromatic heterocycles. The van der Waals surface area contributed by atoms with E-state index in [-0.39, 0.29) is 4.75 Å². The van der Waals surface area contributed by atoms with Crippen molar-refractivity contribution in [2.45, 2.75) is 25.0 Å². The monoisotopic (exact) mass is 162 g/mol. The standard InChI is InChI=1S/C7H14O2S/c1-6-3-4-9-5-7(6,2)10-8/h6,8H,3-5H2,1-2H3. The molecule has 0 radical (unpaired) electrons. The maximum atomic E-state index is 8.96. The first-order valence-corrected chi connectivity index (χ1v) is 4.37. The van der Waals surface area contributed by atoms with Gasteiger partial charge in [0.15, 0.2) is 0 Å². The largest absolute Gasteiger partial charge is 0.380 e. The van der Waals surface area contributed by atoms with Crippen LogP contribution < -0.4 is 0 Å². The van der Waals surface area contributed by atoms with Gasteiger partial charge in [-0.05, 0) is 31.3 Å². The van der Waals surface area contributed by atoms with E-state index in [1.54, 1.807) is 0 Å². The third-order valence-corrected chi connectivity index (χ3v) is 3.27. The maximum Gasteiger partial charge on any atom is 0.0651 e. The van der Waals surface area contributed by atoms with E-state index in [0.29, 0.717) is 12.5 Å². The quantitative estimate of drug-likeness (QED) is 0.598. The van der Waals surface area contributed by atoms with Crippen molar-refractivity contribution in [2.75, 3.05) is 13.2 Å². The molecule has 1 rings (SSSR count). The Hall–Kier alpha value is 0.270. The average Bonchev–Trinajstić information content (AvgIpc) is 1.96. The van der Waals surface area contributed by atoms with Gasteiger partial charge in [-0.2, -0.15) is 0 Å². The molecule has 2 atom stereocenters. The number of hydrogen-bond donors (Lipinski definition) is 1. The molecule has 0 aromatic carbocycles. The lowest BCUT2D eigenvalue weighted by molar-refractivity contribution is 0.0444. The molecule has 1 aliphatic heterocycles. The summed E-state index contributed by atoms with van der Waals surface area (Å²) in [6.07, 6.45) is 1.06. The molecule has 0 aromatic rings. The predicted octanol–water partition coefficient (Wildman–Crippen LogP) is 2.01. The zero-order valence-corrected chi connectivity index (χ0v) is 7.28. The lowest BCUT2D eigenvalue weighted by atomic mass is 9.91. The van der Waals surface area contributed by atoms with Gasteiger partial charge in [-0.3, -0.25) is 0 Å². The third-order valence-electron chi connectivity index (χ3n) is 2.33. The summed E-state index contributed by atoms with van der Waals surface area (Å²) in [7, 11) is 0. The van der Waals surface area contributed by atoms with Crippen LogP contribution in [0.4, 0.5) is 0 Å². The summed E-state index contributed by atoms with van der Waals surface area (Å²) in [5.74, 6) is 0.552. The van der Waals surface area contributed by atoms with Crippen LogP contribution in [0.2, 0.25) is 0 Å². The predicted molar refractivity (Wildman–Crippen MR) is 43.2 cm³/mol. The van der Waals surface area contributed by atoms with E-state index in [4.69, 9.17) is 9.29 Å². The second-order valence-corrected chi connectivity index (χ2v) is 4.26.